The van der Waals surface area contributed by atoms with E-state index in [0.29, 0.717) is 12.6 Å². The van der Waals surface area contributed by atoms with Crippen molar-refractivity contribution in [3.05, 3.63) is 58.9 Å². The summed E-state index contributed by atoms with van der Waals surface area (Å²) in [6.07, 6.45) is 6.32. The van der Waals surface area contributed by atoms with Crippen LogP contribution in [-0.4, -0.2) is 25.7 Å². The molecule has 2 heterocycles. The van der Waals surface area contributed by atoms with Crippen LogP contribution in [0.5, 0.6) is 0 Å². The molecule has 0 bridgehead atoms. The molecule has 1 aromatic carbocycles. The fourth-order valence-electron chi connectivity index (χ4n) is 4.14. The van der Waals surface area contributed by atoms with E-state index >= 15 is 0 Å². The molecule has 4 rings (SSSR count). The third-order valence-electron chi connectivity index (χ3n) is 5.57. The fraction of sp³-hybridized carbons (Fsp3) is 0.429. The molecule has 0 amide bonds. The molecule has 0 atom stereocenters. The zero-order chi connectivity index (χ0) is 19.0. The van der Waals surface area contributed by atoms with Crippen LogP contribution < -0.4 is 0 Å². The van der Waals surface area contributed by atoms with E-state index in [2.05, 4.69) is 21.0 Å². The van der Waals surface area contributed by atoms with Crippen LogP contribution in [0.1, 0.15) is 42.5 Å². The first-order valence-electron chi connectivity index (χ1n) is 9.48. The molecule has 142 valence electrons. The van der Waals surface area contributed by atoms with Gasteiger partial charge in [-0.25, -0.2) is 13.8 Å². The summed E-state index contributed by atoms with van der Waals surface area (Å²) in [7, 11) is 1.88. The smallest absolute Gasteiger partial charge is 0.157 e. The zero-order valence-electron chi connectivity index (χ0n) is 15.8. The molecule has 0 radical (unpaired) electrons. The first-order valence-corrected chi connectivity index (χ1v) is 9.48. The Bertz CT molecular complexity index is 940. The maximum absolute atomic E-state index is 14.2. The third-order valence-corrected chi connectivity index (χ3v) is 5.57. The summed E-state index contributed by atoms with van der Waals surface area (Å²) in [6, 6.07) is 6.52. The van der Waals surface area contributed by atoms with Crippen molar-refractivity contribution in [2.24, 2.45) is 7.05 Å². The fourth-order valence-corrected chi connectivity index (χ4v) is 4.14. The first kappa shape index (κ1) is 18.0. The highest BCUT2D eigenvalue weighted by Crippen LogP contribution is 2.28. The molecule has 4 nitrogen and oxygen atoms in total. The molecule has 0 unspecified atom stereocenters. The molecule has 3 aromatic rings. The van der Waals surface area contributed by atoms with E-state index in [1.54, 1.807) is 4.68 Å². The largest absolute Gasteiger partial charge is 0.292 e. The van der Waals surface area contributed by atoms with Crippen molar-refractivity contribution in [2.75, 3.05) is 0 Å². The molecule has 1 aliphatic rings. The standard InChI is InChI=1S/C21H24F2N4/c1-14-17-10-15(11-24-21(17)26(2)25-14)12-27(16-6-3-4-7-16)13-18-19(22)8-5-9-20(18)23/h5,8-11,16H,3-4,6-7,12-13H2,1-2H3. The van der Waals surface area contributed by atoms with Crippen molar-refractivity contribution in [3.8, 4) is 0 Å². The highest BCUT2D eigenvalue weighted by molar-refractivity contribution is 5.78. The van der Waals surface area contributed by atoms with Gasteiger partial charge in [-0.2, -0.15) is 5.10 Å². The van der Waals surface area contributed by atoms with Crippen LogP contribution in [0.15, 0.2) is 30.5 Å². The predicted molar refractivity (Wildman–Crippen MR) is 101 cm³/mol. The van der Waals surface area contributed by atoms with E-state index in [4.69, 9.17) is 0 Å². The Morgan fingerprint density at radius 3 is 2.56 bits per heavy atom. The Morgan fingerprint density at radius 2 is 1.85 bits per heavy atom. The van der Waals surface area contributed by atoms with E-state index < -0.39 is 11.6 Å². The molecular formula is C21H24F2N4. The van der Waals surface area contributed by atoms with Gasteiger partial charge in [0.15, 0.2) is 5.65 Å². The summed E-state index contributed by atoms with van der Waals surface area (Å²) in [5, 5.41) is 5.45. The minimum Gasteiger partial charge on any atom is -0.292 e. The number of pyridine rings is 1. The van der Waals surface area contributed by atoms with Crippen molar-refractivity contribution in [2.45, 2.75) is 51.7 Å². The lowest BCUT2D eigenvalue weighted by atomic mass is 10.1. The number of hydrogen-bond donors (Lipinski definition) is 0. The quantitative estimate of drug-likeness (QED) is 0.663. The summed E-state index contributed by atoms with van der Waals surface area (Å²) in [4.78, 5) is 6.75. The number of halogens is 2. The van der Waals surface area contributed by atoms with E-state index in [-0.39, 0.29) is 12.1 Å². The van der Waals surface area contributed by atoms with Crippen LogP contribution in [0.4, 0.5) is 8.78 Å². The first-order chi connectivity index (χ1) is 13.0. The second-order valence-electron chi connectivity index (χ2n) is 7.47. The number of rotatable bonds is 5. The molecule has 1 saturated carbocycles. The predicted octanol–water partition coefficient (Wildman–Crippen LogP) is 4.50. The molecule has 6 heteroatoms. The van der Waals surface area contributed by atoms with Crippen LogP contribution in [0.25, 0.3) is 11.0 Å². The molecule has 0 aliphatic heterocycles. The second-order valence-corrected chi connectivity index (χ2v) is 7.47. The van der Waals surface area contributed by atoms with Crippen LogP contribution in [0, 0.1) is 18.6 Å². The average Bonchev–Trinajstić information content (AvgIpc) is 3.26. The van der Waals surface area contributed by atoms with Gasteiger partial charge in [0.25, 0.3) is 0 Å². The van der Waals surface area contributed by atoms with Crippen LogP contribution >= 0.6 is 0 Å². The van der Waals surface area contributed by atoms with E-state index in [0.717, 1.165) is 35.1 Å². The van der Waals surface area contributed by atoms with E-state index in [1.165, 1.54) is 31.0 Å². The van der Waals surface area contributed by atoms with Gasteiger partial charge in [0.1, 0.15) is 11.6 Å². The molecule has 0 N–H and O–H groups in total. The van der Waals surface area contributed by atoms with Crippen molar-refractivity contribution in [1.29, 1.82) is 0 Å². The minimum atomic E-state index is -0.477. The summed E-state index contributed by atoms with van der Waals surface area (Å²) in [5.41, 5.74) is 2.98. The Hall–Kier alpha value is -2.34. The number of nitrogens with zero attached hydrogens (tertiary/aromatic N) is 4. The number of aryl methyl sites for hydroxylation is 2. The number of benzene rings is 1. The average molecular weight is 370 g/mol. The maximum Gasteiger partial charge on any atom is 0.157 e. The highest BCUT2D eigenvalue weighted by atomic mass is 19.1. The Balaban J connectivity index is 1.64. The van der Waals surface area contributed by atoms with Crippen LogP contribution in [0.2, 0.25) is 0 Å². The molecule has 2 aromatic heterocycles. The lowest BCUT2D eigenvalue weighted by Gasteiger charge is -2.29. The highest BCUT2D eigenvalue weighted by Gasteiger charge is 2.25. The normalized spacial score (nSPS) is 15.3. The van der Waals surface area contributed by atoms with E-state index in [1.807, 2.05) is 20.2 Å². The Morgan fingerprint density at radius 1 is 1.15 bits per heavy atom. The van der Waals surface area contributed by atoms with Crippen molar-refractivity contribution in [3.63, 3.8) is 0 Å². The van der Waals surface area contributed by atoms with Gasteiger partial charge in [-0.15, -0.1) is 0 Å². The van der Waals surface area contributed by atoms with Gasteiger partial charge >= 0.3 is 0 Å². The van der Waals surface area contributed by atoms with Gasteiger partial charge in [0.2, 0.25) is 0 Å². The molecular weight excluding hydrogens is 346 g/mol. The van der Waals surface area contributed by atoms with Gasteiger partial charge in [0, 0.05) is 43.3 Å². The molecule has 0 spiro atoms. The monoisotopic (exact) mass is 370 g/mol. The summed E-state index contributed by atoms with van der Waals surface area (Å²) in [5.74, 6) is -0.954. The Labute approximate surface area is 157 Å². The van der Waals surface area contributed by atoms with Gasteiger partial charge in [0.05, 0.1) is 5.69 Å². The molecule has 1 fully saturated rings. The minimum absolute atomic E-state index is 0.149. The number of fused-ring (bicyclic) bond motifs is 1. The molecule has 27 heavy (non-hydrogen) atoms. The van der Waals surface area contributed by atoms with Gasteiger partial charge < -0.3 is 0 Å². The lowest BCUT2D eigenvalue weighted by Crippen LogP contribution is -2.33. The van der Waals surface area contributed by atoms with Crippen molar-refractivity contribution >= 4 is 11.0 Å². The topological polar surface area (TPSA) is 34.0 Å². The number of aromatic nitrogens is 3. The van der Waals surface area contributed by atoms with Gasteiger partial charge in [-0.05, 0) is 43.5 Å². The second kappa shape index (κ2) is 7.35. The van der Waals surface area contributed by atoms with Crippen molar-refractivity contribution in [1.82, 2.24) is 19.7 Å². The van der Waals surface area contributed by atoms with Crippen molar-refractivity contribution < 1.29 is 8.78 Å². The number of hydrogen-bond acceptors (Lipinski definition) is 3. The third kappa shape index (κ3) is 3.58. The van der Waals surface area contributed by atoms with Crippen LogP contribution in [0.3, 0.4) is 0 Å². The van der Waals surface area contributed by atoms with Gasteiger partial charge in [-0.3, -0.25) is 9.58 Å². The SMILES string of the molecule is Cc1nn(C)c2ncc(CN(Cc3c(F)cccc3F)C3CCCC3)cc12. The molecule has 0 saturated heterocycles. The maximum atomic E-state index is 14.2. The Kier molecular flexibility index (Phi) is 4.91. The zero-order valence-corrected chi connectivity index (χ0v) is 15.8. The van der Waals surface area contributed by atoms with E-state index in [9.17, 15) is 8.78 Å². The molecule has 1 aliphatic carbocycles. The van der Waals surface area contributed by atoms with Gasteiger partial charge in [-0.1, -0.05) is 18.9 Å². The summed E-state index contributed by atoms with van der Waals surface area (Å²) < 4.78 is 30.2. The summed E-state index contributed by atoms with van der Waals surface area (Å²) in [6.45, 7) is 2.86. The summed E-state index contributed by atoms with van der Waals surface area (Å²) >= 11 is 0. The van der Waals surface area contributed by atoms with Crippen LogP contribution in [-0.2, 0) is 20.1 Å². The lowest BCUT2D eigenvalue weighted by molar-refractivity contribution is 0.175.